The SMILES string of the molecule is NC1CCCN(C(=O)OCC2CCC2)C1Cc1cccc(-c2ccccc2)c1. The highest BCUT2D eigenvalue weighted by Gasteiger charge is 2.34. The first-order chi connectivity index (χ1) is 13.7. The summed E-state index contributed by atoms with van der Waals surface area (Å²) in [7, 11) is 0. The number of carbonyl (C=O) groups is 1. The summed E-state index contributed by atoms with van der Waals surface area (Å²) in [5.74, 6) is 0.559. The van der Waals surface area contributed by atoms with Crippen LogP contribution in [0, 0.1) is 5.92 Å². The minimum absolute atomic E-state index is 0.00587. The van der Waals surface area contributed by atoms with Gasteiger partial charge in [0.15, 0.2) is 0 Å². The molecule has 1 aliphatic carbocycles. The highest BCUT2D eigenvalue weighted by Crippen LogP contribution is 2.28. The Kier molecular flexibility index (Phi) is 5.96. The number of nitrogens with zero attached hydrogens (tertiary/aromatic N) is 1. The molecule has 2 aromatic carbocycles. The second-order valence-corrected chi connectivity index (χ2v) is 8.21. The van der Waals surface area contributed by atoms with Crippen molar-refractivity contribution < 1.29 is 9.53 Å². The molecule has 2 unspecified atom stereocenters. The molecule has 2 aliphatic rings. The molecule has 0 aromatic heterocycles. The topological polar surface area (TPSA) is 55.6 Å². The van der Waals surface area contributed by atoms with Crippen molar-refractivity contribution in [3.63, 3.8) is 0 Å². The zero-order valence-electron chi connectivity index (χ0n) is 16.4. The summed E-state index contributed by atoms with van der Waals surface area (Å²) in [4.78, 5) is 14.6. The highest BCUT2D eigenvalue weighted by molar-refractivity contribution is 5.68. The summed E-state index contributed by atoms with van der Waals surface area (Å²) in [5.41, 5.74) is 10.1. The maximum atomic E-state index is 12.7. The molecule has 2 aromatic rings. The van der Waals surface area contributed by atoms with E-state index in [-0.39, 0.29) is 18.2 Å². The van der Waals surface area contributed by atoms with Crippen LogP contribution in [0.1, 0.15) is 37.7 Å². The lowest BCUT2D eigenvalue weighted by Gasteiger charge is -2.39. The van der Waals surface area contributed by atoms with E-state index in [1.165, 1.54) is 36.0 Å². The fourth-order valence-corrected chi connectivity index (χ4v) is 4.26. The van der Waals surface area contributed by atoms with Crippen LogP contribution in [0.3, 0.4) is 0 Å². The Bertz CT molecular complexity index is 788. The van der Waals surface area contributed by atoms with Crippen LogP contribution in [-0.2, 0) is 11.2 Å². The minimum atomic E-state index is -0.189. The van der Waals surface area contributed by atoms with Gasteiger partial charge in [0.25, 0.3) is 0 Å². The average Bonchev–Trinajstić information content (AvgIpc) is 2.69. The van der Waals surface area contributed by atoms with Gasteiger partial charge >= 0.3 is 6.09 Å². The van der Waals surface area contributed by atoms with Crippen molar-refractivity contribution in [2.45, 2.75) is 50.6 Å². The molecule has 1 saturated heterocycles. The Morgan fingerprint density at radius 3 is 2.54 bits per heavy atom. The summed E-state index contributed by atoms with van der Waals surface area (Å²) >= 11 is 0. The Morgan fingerprint density at radius 1 is 1.00 bits per heavy atom. The van der Waals surface area contributed by atoms with Gasteiger partial charge in [-0.25, -0.2) is 4.79 Å². The van der Waals surface area contributed by atoms with Gasteiger partial charge in [-0.05, 0) is 54.7 Å². The van der Waals surface area contributed by atoms with E-state index in [9.17, 15) is 4.79 Å². The van der Waals surface area contributed by atoms with Gasteiger partial charge in [0.2, 0.25) is 0 Å². The van der Waals surface area contributed by atoms with Crippen molar-refractivity contribution >= 4 is 6.09 Å². The Hall–Kier alpha value is -2.33. The number of nitrogens with two attached hydrogens (primary N) is 1. The number of hydrogen-bond donors (Lipinski definition) is 1. The van der Waals surface area contributed by atoms with E-state index >= 15 is 0 Å². The molecule has 1 saturated carbocycles. The minimum Gasteiger partial charge on any atom is -0.449 e. The van der Waals surface area contributed by atoms with Gasteiger partial charge in [-0.15, -0.1) is 0 Å². The summed E-state index contributed by atoms with van der Waals surface area (Å²) in [6.45, 7) is 1.29. The van der Waals surface area contributed by atoms with E-state index in [0.717, 1.165) is 25.8 Å². The van der Waals surface area contributed by atoms with Gasteiger partial charge in [-0.1, -0.05) is 61.0 Å². The Balaban J connectivity index is 1.46. The number of carbonyl (C=O) groups excluding carboxylic acids is 1. The van der Waals surface area contributed by atoms with Crippen LogP contribution < -0.4 is 5.73 Å². The Labute approximate surface area is 167 Å². The van der Waals surface area contributed by atoms with Gasteiger partial charge in [-0.2, -0.15) is 0 Å². The molecule has 0 spiro atoms. The van der Waals surface area contributed by atoms with Crippen LogP contribution in [0.5, 0.6) is 0 Å². The number of rotatable bonds is 5. The molecule has 2 fully saturated rings. The van der Waals surface area contributed by atoms with E-state index in [1.807, 2.05) is 11.0 Å². The van der Waals surface area contributed by atoms with Crippen LogP contribution in [0.4, 0.5) is 4.79 Å². The predicted molar refractivity (Wildman–Crippen MR) is 112 cm³/mol. The first-order valence-corrected chi connectivity index (χ1v) is 10.5. The second-order valence-electron chi connectivity index (χ2n) is 8.21. The molecule has 4 rings (SSSR count). The monoisotopic (exact) mass is 378 g/mol. The predicted octanol–water partition coefficient (Wildman–Crippen LogP) is 4.62. The van der Waals surface area contributed by atoms with Gasteiger partial charge in [-0.3, -0.25) is 0 Å². The zero-order valence-corrected chi connectivity index (χ0v) is 16.4. The molecule has 2 atom stereocenters. The van der Waals surface area contributed by atoms with E-state index in [4.69, 9.17) is 10.5 Å². The first kappa shape index (κ1) is 19.0. The Morgan fingerprint density at radius 2 is 1.79 bits per heavy atom. The number of ether oxygens (including phenoxy) is 1. The van der Waals surface area contributed by atoms with Gasteiger partial charge in [0.05, 0.1) is 12.6 Å². The number of hydrogen-bond acceptors (Lipinski definition) is 3. The molecule has 4 heteroatoms. The van der Waals surface area contributed by atoms with E-state index in [0.29, 0.717) is 12.5 Å². The summed E-state index contributed by atoms with van der Waals surface area (Å²) in [6.07, 6.45) is 6.10. The van der Waals surface area contributed by atoms with Crippen LogP contribution in [0.25, 0.3) is 11.1 Å². The van der Waals surface area contributed by atoms with Crippen molar-refractivity contribution in [3.05, 3.63) is 60.2 Å². The lowest BCUT2D eigenvalue weighted by molar-refractivity contribution is 0.0463. The van der Waals surface area contributed by atoms with Gasteiger partial charge in [0.1, 0.15) is 0 Å². The van der Waals surface area contributed by atoms with Crippen molar-refractivity contribution in [2.75, 3.05) is 13.2 Å². The quantitative estimate of drug-likeness (QED) is 0.826. The summed E-state index contributed by atoms with van der Waals surface area (Å²) < 4.78 is 5.63. The number of benzene rings is 2. The molecule has 28 heavy (non-hydrogen) atoms. The second kappa shape index (κ2) is 8.78. The molecule has 0 bridgehead atoms. The van der Waals surface area contributed by atoms with Crippen molar-refractivity contribution in [2.24, 2.45) is 11.7 Å². The molecular formula is C24H30N2O2. The largest absolute Gasteiger partial charge is 0.449 e. The fraction of sp³-hybridized carbons (Fsp3) is 0.458. The van der Waals surface area contributed by atoms with Crippen LogP contribution in [0.15, 0.2) is 54.6 Å². The third kappa shape index (κ3) is 4.39. The molecule has 1 aliphatic heterocycles. The van der Waals surface area contributed by atoms with Crippen LogP contribution in [0.2, 0.25) is 0 Å². The van der Waals surface area contributed by atoms with Crippen LogP contribution in [-0.4, -0.2) is 36.2 Å². The number of amides is 1. The summed E-state index contributed by atoms with van der Waals surface area (Å²) in [6, 6.07) is 18.9. The molecule has 148 valence electrons. The van der Waals surface area contributed by atoms with Gasteiger partial charge in [0, 0.05) is 12.6 Å². The summed E-state index contributed by atoms with van der Waals surface area (Å²) in [5, 5.41) is 0. The average molecular weight is 379 g/mol. The maximum absolute atomic E-state index is 12.7. The van der Waals surface area contributed by atoms with E-state index in [1.54, 1.807) is 0 Å². The third-order valence-corrected chi connectivity index (χ3v) is 6.21. The fourth-order valence-electron chi connectivity index (χ4n) is 4.26. The molecule has 2 N–H and O–H groups in total. The van der Waals surface area contributed by atoms with Crippen LogP contribution >= 0.6 is 0 Å². The van der Waals surface area contributed by atoms with Gasteiger partial charge < -0.3 is 15.4 Å². The van der Waals surface area contributed by atoms with Crippen molar-refractivity contribution in [1.29, 1.82) is 0 Å². The lowest BCUT2D eigenvalue weighted by atomic mass is 9.86. The standard InChI is InChI=1S/C24H30N2O2/c25-22-13-6-14-26(24(27)28-17-18-7-4-8-18)23(22)16-19-9-5-12-21(15-19)20-10-2-1-3-11-20/h1-3,5,9-12,15,18,22-23H,4,6-8,13-14,16-17,25H2. The smallest absolute Gasteiger partial charge is 0.410 e. The number of piperidine rings is 1. The molecule has 1 heterocycles. The number of likely N-dealkylation sites (tertiary alicyclic amines) is 1. The highest BCUT2D eigenvalue weighted by atomic mass is 16.6. The molecule has 1 amide bonds. The van der Waals surface area contributed by atoms with E-state index < -0.39 is 0 Å². The molecular weight excluding hydrogens is 348 g/mol. The maximum Gasteiger partial charge on any atom is 0.410 e. The zero-order chi connectivity index (χ0) is 19.3. The van der Waals surface area contributed by atoms with E-state index in [2.05, 4.69) is 48.5 Å². The van der Waals surface area contributed by atoms with Crippen molar-refractivity contribution in [3.8, 4) is 11.1 Å². The lowest BCUT2D eigenvalue weighted by Crippen LogP contribution is -2.55. The van der Waals surface area contributed by atoms with Crippen molar-refractivity contribution in [1.82, 2.24) is 4.90 Å². The molecule has 0 radical (unpaired) electrons. The first-order valence-electron chi connectivity index (χ1n) is 10.5. The normalized spacial score (nSPS) is 22.5. The third-order valence-electron chi connectivity index (χ3n) is 6.21. The molecule has 4 nitrogen and oxygen atoms in total.